The van der Waals surface area contributed by atoms with Gasteiger partial charge in [-0.15, -0.1) is 0 Å². The van der Waals surface area contributed by atoms with Crippen LogP contribution >= 0.6 is 0 Å². The van der Waals surface area contributed by atoms with Crippen molar-refractivity contribution in [3.8, 4) is 0 Å². The number of unbranched alkanes of at least 4 members (excludes halogenated alkanes) is 1. The van der Waals surface area contributed by atoms with Gasteiger partial charge in [0.25, 0.3) is 0 Å². The Morgan fingerprint density at radius 2 is 2.00 bits per heavy atom. The van der Waals surface area contributed by atoms with E-state index in [1.54, 1.807) is 0 Å². The summed E-state index contributed by atoms with van der Waals surface area (Å²) >= 11 is 0. The van der Waals surface area contributed by atoms with Crippen molar-refractivity contribution in [1.82, 2.24) is 0 Å². The monoisotopic (exact) mass is 174 g/mol. The second kappa shape index (κ2) is 6.86. The van der Waals surface area contributed by atoms with Crippen LogP contribution in [0.5, 0.6) is 0 Å². The molecular formula is C9H22OSi. The van der Waals surface area contributed by atoms with Crippen molar-refractivity contribution in [1.29, 1.82) is 0 Å². The third-order valence-corrected chi connectivity index (χ3v) is 5.75. The van der Waals surface area contributed by atoms with Crippen molar-refractivity contribution >= 4 is 9.04 Å². The maximum Gasteiger partial charge on any atom is 0.179 e. The molecule has 2 atom stereocenters. The first-order chi connectivity index (χ1) is 5.26. The van der Waals surface area contributed by atoms with E-state index in [4.69, 9.17) is 4.43 Å². The third-order valence-electron chi connectivity index (χ3n) is 2.42. The van der Waals surface area contributed by atoms with E-state index in [2.05, 4.69) is 20.8 Å². The van der Waals surface area contributed by atoms with Gasteiger partial charge < -0.3 is 4.43 Å². The molecule has 0 aliphatic carbocycles. The van der Waals surface area contributed by atoms with E-state index in [0.717, 1.165) is 5.54 Å². The fraction of sp³-hybridized carbons (Fsp3) is 1.00. The van der Waals surface area contributed by atoms with Crippen LogP contribution in [0.1, 0.15) is 40.0 Å². The summed E-state index contributed by atoms with van der Waals surface area (Å²) in [6.07, 6.45) is 3.95. The highest BCUT2D eigenvalue weighted by molar-refractivity contribution is 6.53. The first-order valence-electron chi connectivity index (χ1n) is 4.79. The summed E-state index contributed by atoms with van der Waals surface area (Å²) in [5.41, 5.74) is 0.853. The highest BCUT2D eigenvalue weighted by Gasteiger charge is 2.16. The topological polar surface area (TPSA) is 9.23 Å². The SMILES string of the molecule is CCCC[SiH](OC)C(C)CC. The van der Waals surface area contributed by atoms with Gasteiger partial charge >= 0.3 is 0 Å². The lowest BCUT2D eigenvalue weighted by atomic mass is 10.4. The zero-order valence-corrected chi connectivity index (χ0v) is 9.55. The Kier molecular flexibility index (Phi) is 6.97. The van der Waals surface area contributed by atoms with E-state index < -0.39 is 9.04 Å². The summed E-state index contributed by atoms with van der Waals surface area (Å²) in [4.78, 5) is 0. The predicted molar refractivity (Wildman–Crippen MR) is 53.6 cm³/mol. The minimum Gasteiger partial charge on any atom is -0.423 e. The molecule has 0 bridgehead atoms. The first-order valence-corrected chi connectivity index (χ1v) is 6.74. The molecule has 68 valence electrons. The van der Waals surface area contributed by atoms with Crippen LogP contribution in [-0.4, -0.2) is 16.2 Å². The summed E-state index contributed by atoms with van der Waals surface area (Å²) < 4.78 is 5.54. The Hall–Kier alpha value is 0.177. The van der Waals surface area contributed by atoms with E-state index in [1.807, 2.05) is 7.11 Å². The molecule has 2 heteroatoms. The Balaban J connectivity index is 3.56. The van der Waals surface area contributed by atoms with Crippen LogP contribution < -0.4 is 0 Å². The van der Waals surface area contributed by atoms with Crippen molar-refractivity contribution in [2.24, 2.45) is 0 Å². The standard InChI is InChI=1S/C9H22OSi/c1-5-7-8-11(10-4)9(3)6-2/h9,11H,5-8H2,1-4H3. The molecule has 2 unspecified atom stereocenters. The molecule has 0 N–H and O–H groups in total. The molecule has 1 nitrogen and oxygen atoms in total. The molecule has 0 aromatic heterocycles. The van der Waals surface area contributed by atoms with Crippen molar-refractivity contribution in [3.05, 3.63) is 0 Å². The largest absolute Gasteiger partial charge is 0.423 e. The van der Waals surface area contributed by atoms with E-state index in [0.29, 0.717) is 0 Å². The van der Waals surface area contributed by atoms with Crippen molar-refractivity contribution in [2.45, 2.75) is 51.6 Å². The zero-order chi connectivity index (χ0) is 8.69. The first kappa shape index (κ1) is 11.2. The average Bonchev–Trinajstić information content (AvgIpc) is 2.05. The smallest absolute Gasteiger partial charge is 0.179 e. The second-order valence-electron chi connectivity index (χ2n) is 3.30. The number of rotatable bonds is 6. The Bertz CT molecular complexity index is 85.6. The van der Waals surface area contributed by atoms with Crippen LogP contribution in [-0.2, 0) is 4.43 Å². The summed E-state index contributed by atoms with van der Waals surface area (Å²) in [7, 11) is 1.06. The molecule has 0 spiro atoms. The number of hydrogen-bond acceptors (Lipinski definition) is 1. The van der Waals surface area contributed by atoms with Crippen LogP contribution in [0.25, 0.3) is 0 Å². The fourth-order valence-electron chi connectivity index (χ4n) is 1.30. The van der Waals surface area contributed by atoms with Gasteiger partial charge in [0.15, 0.2) is 9.04 Å². The van der Waals surface area contributed by atoms with Crippen molar-refractivity contribution in [2.75, 3.05) is 7.11 Å². The molecular weight excluding hydrogens is 152 g/mol. The summed E-state index contributed by atoms with van der Waals surface area (Å²) in [5, 5.41) is 0. The fourth-order valence-corrected chi connectivity index (χ4v) is 3.91. The van der Waals surface area contributed by atoms with Crippen molar-refractivity contribution < 1.29 is 4.43 Å². The van der Waals surface area contributed by atoms with Gasteiger partial charge in [0, 0.05) is 7.11 Å². The number of hydrogen-bond donors (Lipinski definition) is 0. The lowest BCUT2D eigenvalue weighted by Crippen LogP contribution is -2.20. The Morgan fingerprint density at radius 3 is 2.36 bits per heavy atom. The summed E-state index contributed by atoms with van der Waals surface area (Å²) in [5.74, 6) is 0. The highest BCUT2D eigenvalue weighted by atomic mass is 28.3. The maximum absolute atomic E-state index is 5.54. The maximum atomic E-state index is 5.54. The second-order valence-corrected chi connectivity index (χ2v) is 6.57. The quantitative estimate of drug-likeness (QED) is 0.563. The van der Waals surface area contributed by atoms with E-state index in [1.165, 1.54) is 25.3 Å². The Labute approximate surface area is 72.9 Å². The van der Waals surface area contributed by atoms with Gasteiger partial charge in [0.2, 0.25) is 0 Å². The average molecular weight is 174 g/mol. The minimum absolute atomic E-state index is 0.825. The molecule has 0 saturated carbocycles. The molecule has 0 fully saturated rings. The molecule has 0 heterocycles. The molecule has 0 aliphatic heterocycles. The lowest BCUT2D eigenvalue weighted by molar-refractivity contribution is 0.403. The van der Waals surface area contributed by atoms with Gasteiger partial charge in [-0.05, 0) is 11.6 Å². The van der Waals surface area contributed by atoms with Crippen LogP contribution in [0.15, 0.2) is 0 Å². The highest BCUT2D eigenvalue weighted by Crippen LogP contribution is 2.19. The molecule has 0 radical (unpaired) electrons. The summed E-state index contributed by atoms with van der Waals surface area (Å²) in [6, 6.07) is 1.36. The molecule has 0 saturated heterocycles. The zero-order valence-electron chi connectivity index (χ0n) is 8.39. The van der Waals surface area contributed by atoms with Crippen LogP contribution in [0.2, 0.25) is 11.6 Å². The third kappa shape index (κ3) is 4.59. The van der Waals surface area contributed by atoms with Crippen LogP contribution in [0.3, 0.4) is 0 Å². The molecule has 0 rings (SSSR count). The molecule has 0 aromatic carbocycles. The molecule has 0 aliphatic rings. The van der Waals surface area contributed by atoms with E-state index in [-0.39, 0.29) is 0 Å². The van der Waals surface area contributed by atoms with Gasteiger partial charge in [-0.2, -0.15) is 0 Å². The normalized spacial score (nSPS) is 16.4. The minimum atomic E-state index is -0.825. The van der Waals surface area contributed by atoms with Crippen molar-refractivity contribution in [3.63, 3.8) is 0 Å². The molecule has 0 amide bonds. The van der Waals surface area contributed by atoms with Gasteiger partial charge in [0.05, 0.1) is 0 Å². The van der Waals surface area contributed by atoms with E-state index >= 15 is 0 Å². The Morgan fingerprint density at radius 1 is 1.36 bits per heavy atom. The molecule has 11 heavy (non-hydrogen) atoms. The van der Waals surface area contributed by atoms with Crippen LogP contribution in [0, 0.1) is 0 Å². The van der Waals surface area contributed by atoms with Gasteiger partial charge in [-0.25, -0.2) is 0 Å². The summed E-state index contributed by atoms with van der Waals surface area (Å²) in [6.45, 7) is 6.84. The lowest BCUT2D eigenvalue weighted by Gasteiger charge is -2.18. The van der Waals surface area contributed by atoms with Crippen LogP contribution in [0.4, 0.5) is 0 Å². The van der Waals surface area contributed by atoms with E-state index in [9.17, 15) is 0 Å². The van der Waals surface area contributed by atoms with Gasteiger partial charge in [-0.3, -0.25) is 0 Å². The molecule has 0 aromatic rings. The predicted octanol–water partition coefficient (Wildman–Crippen LogP) is 2.96. The van der Waals surface area contributed by atoms with Gasteiger partial charge in [-0.1, -0.05) is 40.0 Å². The van der Waals surface area contributed by atoms with Gasteiger partial charge in [0.1, 0.15) is 0 Å².